The SMILES string of the molecule is CCC(C)C(O)CNC(=O)NC1CCN(Cc2ccccc2)CC1. The Labute approximate surface area is 145 Å². The Kier molecular flexibility index (Phi) is 7.53. The molecule has 0 spiro atoms. The summed E-state index contributed by atoms with van der Waals surface area (Å²) in [6, 6.07) is 10.5. The van der Waals surface area contributed by atoms with Crippen LogP contribution in [0.5, 0.6) is 0 Å². The van der Waals surface area contributed by atoms with Crippen LogP contribution < -0.4 is 10.6 Å². The average molecular weight is 333 g/mol. The topological polar surface area (TPSA) is 64.6 Å². The monoisotopic (exact) mass is 333 g/mol. The first-order valence-electron chi connectivity index (χ1n) is 9.07. The molecule has 1 aliphatic rings. The number of piperidine rings is 1. The van der Waals surface area contributed by atoms with E-state index in [0.29, 0.717) is 6.54 Å². The Balaban J connectivity index is 1.64. The van der Waals surface area contributed by atoms with Gasteiger partial charge in [0.25, 0.3) is 0 Å². The van der Waals surface area contributed by atoms with Gasteiger partial charge in [0.15, 0.2) is 0 Å². The van der Waals surface area contributed by atoms with Crippen LogP contribution in [-0.4, -0.2) is 47.8 Å². The molecular formula is C19H31N3O2. The van der Waals surface area contributed by atoms with Crippen LogP contribution in [0.3, 0.4) is 0 Å². The molecule has 134 valence electrons. The summed E-state index contributed by atoms with van der Waals surface area (Å²) in [5.41, 5.74) is 1.33. The zero-order chi connectivity index (χ0) is 17.4. The summed E-state index contributed by atoms with van der Waals surface area (Å²) < 4.78 is 0. The fourth-order valence-electron chi connectivity index (χ4n) is 2.98. The summed E-state index contributed by atoms with van der Waals surface area (Å²) in [6.45, 7) is 7.31. The van der Waals surface area contributed by atoms with Crippen molar-refractivity contribution in [2.24, 2.45) is 5.92 Å². The van der Waals surface area contributed by atoms with Gasteiger partial charge in [-0.05, 0) is 24.3 Å². The largest absolute Gasteiger partial charge is 0.391 e. The fourth-order valence-corrected chi connectivity index (χ4v) is 2.98. The van der Waals surface area contributed by atoms with Crippen LogP contribution in [0.25, 0.3) is 0 Å². The number of hydrogen-bond donors (Lipinski definition) is 3. The van der Waals surface area contributed by atoms with E-state index in [-0.39, 0.29) is 18.0 Å². The van der Waals surface area contributed by atoms with Crippen molar-refractivity contribution < 1.29 is 9.90 Å². The number of urea groups is 1. The van der Waals surface area contributed by atoms with Crippen LogP contribution in [0.15, 0.2) is 30.3 Å². The van der Waals surface area contributed by atoms with E-state index in [9.17, 15) is 9.90 Å². The third-order valence-electron chi connectivity index (χ3n) is 4.94. The van der Waals surface area contributed by atoms with E-state index < -0.39 is 6.10 Å². The van der Waals surface area contributed by atoms with Gasteiger partial charge in [-0.25, -0.2) is 4.79 Å². The molecule has 2 atom stereocenters. The maximum absolute atomic E-state index is 12.0. The molecule has 3 N–H and O–H groups in total. The second-order valence-electron chi connectivity index (χ2n) is 6.84. The molecule has 2 amide bonds. The lowest BCUT2D eigenvalue weighted by atomic mass is 10.0. The molecule has 0 aliphatic carbocycles. The quantitative estimate of drug-likeness (QED) is 0.718. The lowest BCUT2D eigenvalue weighted by molar-refractivity contribution is 0.114. The van der Waals surface area contributed by atoms with E-state index in [1.807, 2.05) is 19.9 Å². The summed E-state index contributed by atoms with van der Waals surface area (Å²) in [5, 5.41) is 15.7. The zero-order valence-electron chi connectivity index (χ0n) is 14.9. The molecule has 1 aromatic rings. The van der Waals surface area contributed by atoms with Crippen molar-refractivity contribution in [2.75, 3.05) is 19.6 Å². The molecule has 2 unspecified atom stereocenters. The van der Waals surface area contributed by atoms with Crippen molar-refractivity contribution >= 4 is 6.03 Å². The number of aliphatic hydroxyl groups excluding tert-OH is 1. The second-order valence-corrected chi connectivity index (χ2v) is 6.84. The molecular weight excluding hydrogens is 302 g/mol. The van der Waals surface area contributed by atoms with Crippen LogP contribution in [-0.2, 0) is 6.54 Å². The summed E-state index contributed by atoms with van der Waals surface area (Å²) in [4.78, 5) is 14.4. The molecule has 0 saturated carbocycles. The third kappa shape index (κ3) is 6.13. The molecule has 1 fully saturated rings. The Hall–Kier alpha value is -1.59. The minimum absolute atomic E-state index is 0.168. The van der Waals surface area contributed by atoms with Gasteiger partial charge in [-0.1, -0.05) is 50.6 Å². The molecule has 5 heteroatoms. The van der Waals surface area contributed by atoms with E-state index in [0.717, 1.165) is 38.9 Å². The Morgan fingerprint density at radius 2 is 1.96 bits per heavy atom. The molecule has 0 aromatic heterocycles. The molecule has 5 nitrogen and oxygen atoms in total. The van der Waals surface area contributed by atoms with Crippen LogP contribution >= 0.6 is 0 Å². The van der Waals surface area contributed by atoms with Crippen LogP contribution in [0, 0.1) is 5.92 Å². The van der Waals surface area contributed by atoms with Gasteiger partial charge in [0.2, 0.25) is 0 Å². The second kappa shape index (κ2) is 9.64. The first kappa shape index (κ1) is 18.7. The highest BCUT2D eigenvalue weighted by molar-refractivity contribution is 5.74. The van der Waals surface area contributed by atoms with Crippen molar-refractivity contribution in [2.45, 2.75) is 51.8 Å². The molecule has 1 aliphatic heterocycles. The lowest BCUT2D eigenvalue weighted by Crippen LogP contribution is -2.49. The lowest BCUT2D eigenvalue weighted by Gasteiger charge is -2.32. The van der Waals surface area contributed by atoms with E-state index in [4.69, 9.17) is 0 Å². The Morgan fingerprint density at radius 1 is 1.29 bits per heavy atom. The van der Waals surface area contributed by atoms with Crippen LogP contribution in [0.2, 0.25) is 0 Å². The Morgan fingerprint density at radius 3 is 2.58 bits per heavy atom. The van der Waals surface area contributed by atoms with Gasteiger partial charge in [0.05, 0.1) is 6.10 Å². The van der Waals surface area contributed by atoms with Crippen molar-refractivity contribution in [3.63, 3.8) is 0 Å². The predicted octanol–water partition coefficient (Wildman–Crippen LogP) is 2.36. The van der Waals surface area contributed by atoms with Crippen molar-refractivity contribution in [1.82, 2.24) is 15.5 Å². The molecule has 2 rings (SSSR count). The van der Waals surface area contributed by atoms with E-state index >= 15 is 0 Å². The number of benzene rings is 1. The maximum Gasteiger partial charge on any atom is 0.315 e. The average Bonchev–Trinajstić information content (AvgIpc) is 2.61. The Bertz CT molecular complexity index is 487. The summed E-state index contributed by atoms with van der Waals surface area (Å²) in [6.07, 6.45) is 2.36. The number of rotatable bonds is 7. The number of carbonyl (C=O) groups is 1. The van der Waals surface area contributed by atoms with Gasteiger partial charge >= 0.3 is 6.03 Å². The predicted molar refractivity (Wildman–Crippen MR) is 96.7 cm³/mol. The molecule has 0 bridgehead atoms. The number of aliphatic hydroxyl groups is 1. The standard InChI is InChI=1S/C19H31N3O2/c1-3-15(2)18(23)13-20-19(24)21-17-9-11-22(12-10-17)14-16-7-5-4-6-8-16/h4-8,15,17-18,23H,3,9-14H2,1-2H3,(H2,20,21,24). The highest BCUT2D eigenvalue weighted by Crippen LogP contribution is 2.13. The summed E-state index contributed by atoms with van der Waals surface area (Å²) >= 11 is 0. The number of hydrogen-bond acceptors (Lipinski definition) is 3. The summed E-state index contributed by atoms with van der Waals surface area (Å²) in [5.74, 6) is 0.200. The van der Waals surface area contributed by atoms with Gasteiger partial charge in [0, 0.05) is 32.2 Å². The number of likely N-dealkylation sites (tertiary alicyclic amines) is 1. The number of amides is 2. The normalized spacial score (nSPS) is 18.8. The van der Waals surface area contributed by atoms with E-state index in [1.54, 1.807) is 0 Å². The molecule has 1 heterocycles. The highest BCUT2D eigenvalue weighted by Gasteiger charge is 2.21. The van der Waals surface area contributed by atoms with Crippen molar-refractivity contribution in [3.05, 3.63) is 35.9 Å². The first-order chi connectivity index (χ1) is 11.6. The smallest absolute Gasteiger partial charge is 0.315 e. The minimum atomic E-state index is -0.478. The number of nitrogens with zero attached hydrogens (tertiary/aromatic N) is 1. The minimum Gasteiger partial charge on any atom is -0.391 e. The van der Waals surface area contributed by atoms with Crippen LogP contribution in [0.4, 0.5) is 4.79 Å². The van der Waals surface area contributed by atoms with Gasteiger partial charge < -0.3 is 15.7 Å². The van der Waals surface area contributed by atoms with E-state index in [1.165, 1.54) is 5.56 Å². The van der Waals surface area contributed by atoms with Crippen molar-refractivity contribution in [1.29, 1.82) is 0 Å². The van der Waals surface area contributed by atoms with Crippen molar-refractivity contribution in [3.8, 4) is 0 Å². The fraction of sp³-hybridized carbons (Fsp3) is 0.632. The first-order valence-corrected chi connectivity index (χ1v) is 9.07. The van der Waals surface area contributed by atoms with Gasteiger partial charge in [-0.15, -0.1) is 0 Å². The number of nitrogens with one attached hydrogen (secondary N) is 2. The molecule has 0 radical (unpaired) electrons. The molecule has 24 heavy (non-hydrogen) atoms. The highest BCUT2D eigenvalue weighted by atomic mass is 16.3. The van der Waals surface area contributed by atoms with Gasteiger partial charge in [0.1, 0.15) is 0 Å². The van der Waals surface area contributed by atoms with E-state index in [2.05, 4.69) is 39.8 Å². The van der Waals surface area contributed by atoms with Gasteiger partial charge in [-0.2, -0.15) is 0 Å². The van der Waals surface area contributed by atoms with Gasteiger partial charge in [-0.3, -0.25) is 4.90 Å². The third-order valence-corrected chi connectivity index (χ3v) is 4.94. The van der Waals surface area contributed by atoms with Crippen LogP contribution in [0.1, 0.15) is 38.7 Å². The summed E-state index contributed by atoms with van der Waals surface area (Å²) in [7, 11) is 0. The molecule has 1 saturated heterocycles. The molecule has 1 aromatic carbocycles. The maximum atomic E-state index is 12.0. The number of carbonyl (C=O) groups excluding carboxylic acids is 1. The zero-order valence-corrected chi connectivity index (χ0v) is 14.9.